The molecule has 0 aliphatic carbocycles. The van der Waals surface area contributed by atoms with E-state index in [1.807, 2.05) is 16.5 Å². The van der Waals surface area contributed by atoms with Crippen molar-refractivity contribution in [2.45, 2.75) is 65.8 Å². The average molecular weight is 374 g/mol. The van der Waals surface area contributed by atoms with Crippen LogP contribution >= 0.6 is 0 Å². The summed E-state index contributed by atoms with van der Waals surface area (Å²) in [5.74, 6) is 1.97. The topological polar surface area (TPSA) is 89.1 Å². The van der Waals surface area contributed by atoms with E-state index >= 15 is 0 Å². The van der Waals surface area contributed by atoms with E-state index in [1.165, 1.54) is 5.56 Å². The van der Waals surface area contributed by atoms with Gasteiger partial charge in [0.05, 0.1) is 12.2 Å². The monoisotopic (exact) mass is 374 g/mol. The number of nitrogens with zero attached hydrogens (tertiary/aromatic N) is 5. The van der Waals surface area contributed by atoms with Crippen molar-refractivity contribution in [1.82, 2.24) is 30.1 Å². The number of likely N-dealkylation sites (tertiary alicyclic amines) is 1. The molecule has 8 nitrogen and oxygen atoms in total. The molecule has 2 amide bonds. The highest BCUT2D eigenvalue weighted by atomic mass is 16.5. The number of piperidine rings is 1. The molecule has 0 radical (unpaired) electrons. The first-order valence-corrected chi connectivity index (χ1v) is 9.73. The molecule has 1 N–H and O–H groups in total. The fraction of sp³-hybridized carbons (Fsp3) is 0.684. The molecule has 0 spiro atoms. The van der Waals surface area contributed by atoms with E-state index in [4.69, 9.17) is 4.52 Å². The van der Waals surface area contributed by atoms with Gasteiger partial charge in [-0.2, -0.15) is 10.1 Å². The summed E-state index contributed by atoms with van der Waals surface area (Å²) in [5.41, 5.74) is 3.41. The van der Waals surface area contributed by atoms with Gasteiger partial charge < -0.3 is 14.7 Å². The SMILES string of the molecule is Cc1nn(CCNC(=O)N2CCC(c3nc(C(C)C)no3)CC2)c(C)c1C. The van der Waals surface area contributed by atoms with Gasteiger partial charge in [-0.05, 0) is 39.2 Å². The fourth-order valence-electron chi connectivity index (χ4n) is 3.36. The van der Waals surface area contributed by atoms with Crippen molar-refractivity contribution in [3.63, 3.8) is 0 Å². The van der Waals surface area contributed by atoms with Gasteiger partial charge in [-0.15, -0.1) is 0 Å². The number of carbonyl (C=O) groups is 1. The smallest absolute Gasteiger partial charge is 0.317 e. The standard InChI is InChI=1S/C19H30N6O2/c1-12(2)17-21-18(27-23-17)16-6-9-24(10-7-16)19(26)20-8-11-25-15(5)13(3)14(4)22-25/h12,16H,6-11H2,1-5H3,(H,20,26). The van der Waals surface area contributed by atoms with Crippen LogP contribution in [0.2, 0.25) is 0 Å². The highest BCUT2D eigenvalue weighted by Gasteiger charge is 2.27. The van der Waals surface area contributed by atoms with Crippen LogP contribution in [0.15, 0.2) is 4.52 Å². The molecule has 2 aromatic heterocycles. The van der Waals surface area contributed by atoms with Gasteiger partial charge in [0.1, 0.15) is 0 Å². The highest BCUT2D eigenvalue weighted by molar-refractivity contribution is 5.74. The second-order valence-corrected chi connectivity index (χ2v) is 7.66. The molecule has 8 heteroatoms. The lowest BCUT2D eigenvalue weighted by atomic mass is 9.97. The zero-order chi connectivity index (χ0) is 19.6. The second-order valence-electron chi connectivity index (χ2n) is 7.66. The van der Waals surface area contributed by atoms with Gasteiger partial charge in [0, 0.05) is 37.2 Å². The van der Waals surface area contributed by atoms with Gasteiger partial charge in [0.15, 0.2) is 5.82 Å². The second kappa shape index (κ2) is 8.10. The molecule has 2 aromatic rings. The van der Waals surface area contributed by atoms with Crippen LogP contribution < -0.4 is 5.32 Å². The molecule has 1 aliphatic rings. The molecule has 1 saturated heterocycles. The molecule has 0 bridgehead atoms. The van der Waals surface area contributed by atoms with Crippen molar-refractivity contribution in [2.75, 3.05) is 19.6 Å². The Hall–Kier alpha value is -2.38. The number of rotatable bonds is 5. The molecule has 1 fully saturated rings. The molecule has 0 unspecified atom stereocenters. The first-order chi connectivity index (χ1) is 12.9. The quantitative estimate of drug-likeness (QED) is 0.869. The number of aryl methyl sites for hydroxylation is 1. The van der Waals surface area contributed by atoms with Crippen LogP contribution in [0.3, 0.4) is 0 Å². The third kappa shape index (κ3) is 4.31. The van der Waals surface area contributed by atoms with E-state index in [1.54, 1.807) is 0 Å². The summed E-state index contributed by atoms with van der Waals surface area (Å²) in [6, 6.07) is -0.0138. The molecule has 3 rings (SSSR count). The predicted molar refractivity (Wildman–Crippen MR) is 102 cm³/mol. The van der Waals surface area contributed by atoms with Gasteiger partial charge in [0.25, 0.3) is 0 Å². The summed E-state index contributed by atoms with van der Waals surface area (Å²) >= 11 is 0. The molecule has 0 saturated carbocycles. The largest absolute Gasteiger partial charge is 0.339 e. The van der Waals surface area contributed by atoms with Crippen LogP contribution in [0, 0.1) is 20.8 Å². The molecule has 27 heavy (non-hydrogen) atoms. The molecule has 1 aliphatic heterocycles. The van der Waals surface area contributed by atoms with E-state index in [2.05, 4.69) is 48.3 Å². The van der Waals surface area contributed by atoms with E-state index in [-0.39, 0.29) is 17.9 Å². The van der Waals surface area contributed by atoms with Crippen molar-refractivity contribution in [3.05, 3.63) is 28.7 Å². The third-order valence-corrected chi connectivity index (χ3v) is 5.45. The van der Waals surface area contributed by atoms with Crippen molar-refractivity contribution in [1.29, 1.82) is 0 Å². The molecule has 0 aromatic carbocycles. The van der Waals surface area contributed by atoms with Crippen molar-refractivity contribution < 1.29 is 9.32 Å². The molecule has 3 heterocycles. The Morgan fingerprint density at radius 3 is 2.52 bits per heavy atom. The Bertz CT molecular complexity index is 786. The third-order valence-electron chi connectivity index (χ3n) is 5.45. The average Bonchev–Trinajstić information content (AvgIpc) is 3.24. The predicted octanol–water partition coefficient (Wildman–Crippen LogP) is 2.90. The van der Waals surface area contributed by atoms with Crippen molar-refractivity contribution in [3.8, 4) is 0 Å². The van der Waals surface area contributed by atoms with Crippen LogP contribution in [0.5, 0.6) is 0 Å². The number of hydrogen-bond donors (Lipinski definition) is 1. The first kappa shape index (κ1) is 19.4. The molecule has 148 valence electrons. The van der Waals surface area contributed by atoms with Gasteiger partial charge >= 0.3 is 6.03 Å². The van der Waals surface area contributed by atoms with E-state index in [0.29, 0.717) is 32.1 Å². The number of hydrogen-bond acceptors (Lipinski definition) is 5. The number of nitrogens with one attached hydrogen (secondary N) is 1. The van der Waals surface area contributed by atoms with Crippen LogP contribution in [0.1, 0.15) is 67.2 Å². The number of carbonyl (C=O) groups excluding carboxylic acids is 1. The van der Waals surface area contributed by atoms with Crippen LogP contribution in [0.4, 0.5) is 4.79 Å². The summed E-state index contributed by atoms with van der Waals surface area (Å²) in [7, 11) is 0. The molecular weight excluding hydrogens is 344 g/mol. The summed E-state index contributed by atoms with van der Waals surface area (Å²) < 4.78 is 7.37. The van der Waals surface area contributed by atoms with Crippen LogP contribution in [-0.4, -0.2) is 50.5 Å². The number of aromatic nitrogens is 4. The first-order valence-electron chi connectivity index (χ1n) is 9.73. The zero-order valence-electron chi connectivity index (χ0n) is 16.9. The number of amides is 2. The summed E-state index contributed by atoms with van der Waals surface area (Å²) in [5, 5.41) is 11.6. The minimum atomic E-state index is -0.0138. The summed E-state index contributed by atoms with van der Waals surface area (Å²) in [4.78, 5) is 18.8. The lowest BCUT2D eigenvalue weighted by Crippen LogP contribution is -2.45. The van der Waals surface area contributed by atoms with Crippen molar-refractivity contribution in [2.24, 2.45) is 0 Å². The Morgan fingerprint density at radius 1 is 1.26 bits per heavy atom. The summed E-state index contributed by atoms with van der Waals surface area (Å²) in [6.07, 6.45) is 1.70. The maximum Gasteiger partial charge on any atom is 0.317 e. The zero-order valence-corrected chi connectivity index (χ0v) is 16.9. The Labute approximate surface area is 160 Å². The van der Waals surface area contributed by atoms with Gasteiger partial charge in [0.2, 0.25) is 5.89 Å². The van der Waals surface area contributed by atoms with E-state index in [9.17, 15) is 4.79 Å². The Kier molecular flexibility index (Phi) is 5.82. The Balaban J connectivity index is 1.44. The summed E-state index contributed by atoms with van der Waals surface area (Å²) in [6.45, 7) is 12.9. The lowest BCUT2D eigenvalue weighted by molar-refractivity contribution is 0.175. The molecular formula is C19H30N6O2. The Morgan fingerprint density at radius 2 is 1.96 bits per heavy atom. The minimum absolute atomic E-state index is 0.0138. The minimum Gasteiger partial charge on any atom is -0.339 e. The highest BCUT2D eigenvalue weighted by Crippen LogP contribution is 2.27. The van der Waals surface area contributed by atoms with Gasteiger partial charge in [-0.3, -0.25) is 4.68 Å². The van der Waals surface area contributed by atoms with E-state index in [0.717, 1.165) is 30.1 Å². The van der Waals surface area contributed by atoms with Crippen molar-refractivity contribution >= 4 is 6.03 Å². The van der Waals surface area contributed by atoms with Crippen LogP contribution in [0.25, 0.3) is 0 Å². The van der Waals surface area contributed by atoms with Gasteiger partial charge in [-0.25, -0.2) is 4.79 Å². The molecule has 0 atom stereocenters. The lowest BCUT2D eigenvalue weighted by Gasteiger charge is -2.30. The van der Waals surface area contributed by atoms with Crippen LogP contribution in [-0.2, 0) is 6.54 Å². The van der Waals surface area contributed by atoms with E-state index < -0.39 is 0 Å². The maximum absolute atomic E-state index is 12.4. The number of urea groups is 1. The maximum atomic E-state index is 12.4. The fourth-order valence-corrected chi connectivity index (χ4v) is 3.36. The van der Waals surface area contributed by atoms with Gasteiger partial charge in [-0.1, -0.05) is 19.0 Å². The normalized spacial score (nSPS) is 15.6.